The maximum atomic E-state index is 13.3. The van der Waals surface area contributed by atoms with E-state index in [1.165, 1.54) is 11.8 Å². The number of thioether (sulfide) groups is 1. The van der Waals surface area contributed by atoms with Crippen molar-refractivity contribution >= 4 is 11.8 Å². The van der Waals surface area contributed by atoms with Crippen molar-refractivity contribution < 1.29 is 13.2 Å². The summed E-state index contributed by atoms with van der Waals surface area (Å²) in [6.45, 7) is 0. The van der Waals surface area contributed by atoms with Gasteiger partial charge in [0.1, 0.15) is 0 Å². The molecule has 0 fully saturated rings. The summed E-state index contributed by atoms with van der Waals surface area (Å²) in [6, 6.07) is 16.0. The number of alkyl halides is 3. The molecular formula is C17H17F3S. The van der Waals surface area contributed by atoms with Crippen molar-refractivity contribution in [2.75, 3.05) is 6.26 Å². The molecule has 0 aliphatic heterocycles. The highest BCUT2D eigenvalue weighted by Crippen LogP contribution is 2.38. The van der Waals surface area contributed by atoms with Crippen LogP contribution in [0.25, 0.3) is 0 Å². The van der Waals surface area contributed by atoms with Gasteiger partial charge in [0.15, 0.2) is 0 Å². The maximum absolute atomic E-state index is 13.3. The summed E-state index contributed by atoms with van der Waals surface area (Å²) < 4.78 is 39.9. The molecule has 0 aromatic heterocycles. The molecule has 0 unspecified atom stereocenters. The first-order valence-corrected chi connectivity index (χ1v) is 7.98. The van der Waals surface area contributed by atoms with E-state index in [0.29, 0.717) is 12.0 Å². The summed E-state index contributed by atoms with van der Waals surface area (Å²) in [5.41, 5.74) is 1.28. The maximum Gasteiger partial charge on any atom is 0.395 e. The predicted octanol–water partition coefficient (Wildman–Crippen LogP) is 5.69. The lowest BCUT2D eigenvalue weighted by Gasteiger charge is -2.21. The van der Waals surface area contributed by atoms with E-state index < -0.39 is 12.1 Å². The minimum Gasteiger partial charge on any atom is -0.170 e. The molecule has 0 nitrogen and oxygen atoms in total. The Labute approximate surface area is 127 Å². The quantitative estimate of drug-likeness (QED) is 0.640. The molecule has 0 radical (unpaired) electrons. The van der Waals surface area contributed by atoms with E-state index in [1.807, 2.05) is 36.6 Å². The van der Waals surface area contributed by atoms with Crippen molar-refractivity contribution in [3.05, 3.63) is 65.7 Å². The summed E-state index contributed by atoms with van der Waals surface area (Å²) in [5.74, 6) is -1.41. The van der Waals surface area contributed by atoms with Crippen LogP contribution in [0.5, 0.6) is 0 Å². The lowest BCUT2D eigenvalue weighted by Crippen LogP contribution is -2.21. The zero-order valence-electron chi connectivity index (χ0n) is 11.7. The average molecular weight is 310 g/mol. The second kappa shape index (κ2) is 7.03. The number of halogens is 3. The lowest BCUT2D eigenvalue weighted by atomic mass is 9.92. The first kappa shape index (κ1) is 16.0. The third-order valence-corrected chi connectivity index (χ3v) is 4.22. The molecule has 21 heavy (non-hydrogen) atoms. The second-order valence-electron chi connectivity index (χ2n) is 4.89. The Bertz CT molecular complexity index is 546. The molecule has 0 bridgehead atoms. The molecular weight excluding hydrogens is 293 g/mol. The summed E-state index contributed by atoms with van der Waals surface area (Å²) in [6.07, 6.45) is -1.80. The highest BCUT2D eigenvalue weighted by molar-refractivity contribution is 7.98. The van der Waals surface area contributed by atoms with E-state index in [4.69, 9.17) is 0 Å². The standard InChI is InChI=1S/C17H17F3S/c1-21-15-10-8-14(9-11-15)16(17(18,19)20)12-7-13-5-3-2-4-6-13/h2-6,8-11,16H,7,12H2,1H3/t16-/m1/s1. The van der Waals surface area contributed by atoms with Gasteiger partial charge in [0.05, 0.1) is 5.92 Å². The van der Waals surface area contributed by atoms with Crippen LogP contribution in [0, 0.1) is 0 Å². The van der Waals surface area contributed by atoms with E-state index >= 15 is 0 Å². The monoisotopic (exact) mass is 310 g/mol. The molecule has 0 N–H and O–H groups in total. The Morgan fingerprint density at radius 3 is 2.10 bits per heavy atom. The smallest absolute Gasteiger partial charge is 0.170 e. The van der Waals surface area contributed by atoms with Gasteiger partial charge in [-0.3, -0.25) is 0 Å². The van der Waals surface area contributed by atoms with Crippen LogP contribution in [0.2, 0.25) is 0 Å². The molecule has 0 saturated heterocycles. The summed E-state index contributed by atoms with van der Waals surface area (Å²) in [7, 11) is 0. The van der Waals surface area contributed by atoms with Gasteiger partial charge in [-0.25, -0.2) is 0 Å². The largest absolute Gasteiger partial charge is 0.395 e. The van der Waals surface area contributed by atoms with Gasteiger partial charge in [0.2, 0.25) is 0 Å². The molecule has 2 rings (SSSR count). The third kappa shape index (κ3) is 4.53. The Morgan fingerprint density at radius 2 is 1.57 bits per heavy atom. The lowest BCUT2D eigenvalue weighted by molar-refractivity contribution is -0.151. The molecule has 0 amide bonds. The van der Waals surface area contributed by atoms with E-state index in [0.717, 1.165) is 10.5 Å². The fourth-order valence-electron chi connectivity index (χ4n) is 2.31. The number of aryl methyl sites for hydroxylation is 1. The molecule has 2 aromatic carbocycles. The molecule has 4 heteroatoms. The van der Waals surface area contributed by atoms with Gasteiger partial charge >= 0.3 is 6.18 Å². The van der Waals surface area contributed by atoms with Gasteiger partial charge in [0, 0.05) is 4.90 Å². The van der Waals surface area contributed by atoms with E-state index in [1.54, 1.807) is 24.3 Å². The van der Waals surface area contributed by atoms with Gasteiger partial charge in [-0.1, -0.05) is 42.5 Å². The van der Waals surface area contributed by atoms with Crippen molar-refractivity contribution in [3.8, 4) is 0 Å². The van der Waals surface area contributed by atoms with Crippen LogP contribution in [-0.4, -0.2) is 12.4 Å². The van der Waals surface area contributed by atoms with Crippen LogP contribution in [0.3, 0.4) is 0 Å². The molecule has 0 saturated carbocycles. The normalized spacial score (nSPS) is 13.1. The Kier molecular flexibility index (Phi) is 5.34. The van der Waals surface area contributed by atoms with Gasteiger partial charge in [0.25, 0.3) is 0 Å². The Morgan fingerprint density at radius 1 is 0.952 bits per heavy atom. The number of hydrogen-bond acceptors (Lipinski definition) is 1. The third-order valence-electron chi connectivity index (χ3n) is 3.48. The molecule has 112 valence electrons. The van der Waals surface area contributed by atoms with Gasteiger partial charge in [-0.05, 0) is 42.4 Å². The van der Waals surface area contributed by atoms with E-state index in [9.17, 15) is 13.2 Å². The minimum absolute atomic E-state index is 0.0755. The number of hydrogen-bond donors (Lipinski definition) is 0. The number of benzene rings is 2. The summed E-state index contributed by atoms with van der Waals surface area (Å²) in [5, 5.41) is 0. The fraction of sp³-hybridized carbons (Fsp3) is 0.294. The molecule has 0 aliphatic rings. The van der Waals surface area contributed by atoms with Crippen molar-refractivity contribution in [3.63, 3.8) is 0 Å². The first-order valence-electron chi connectivity index (χ1n) is 6.75. The van der Waals surface area contributed by atoms with Gasteiger partial charge < -0.3 is 0 Å². The summed E-state index contributed by atoms with van der Waals surface area (Å²) in [4.78, 5) is 0.975. The average Bonchev–Trinajstić information content (AvgIpc) is 2.48. The Hall–Kier alpha value is -1.42. The van der Waals surface area contributed by atoms with Crippen LogP contribution in [0.1, 0.15) is 23.5 Å². The fourth-order valence-corrected chi connectivity index (χ4v) is 2.72. The number of rotatable bonds is 5. The van der Waals surface area contributed by atoms with Crippen LogP contribution >= 0.6 is 11.8 Å². The van der Waals surface area contributed by atoms with Gasteiger partial charge in [-0.2, -0.15) is 13.2 Å². The zero-order valence-corrected chi connectivity index (χ0v) is 12.5. The molecule has 0 heterocycles. The van der Waals surface area contributed by atoms with Crippen molar-refractivity contribution in [2.24, 2.45) is 0 Å². The van der Waals surface area contributed by atoms with Crippen molar-refractivity contribution in [1.82, 2.24) is 0 Å². The van der Waals surface area contributed by atoms with Crippen molar-refractivity contribution in [2.45, 2.75) is 29.8 Å². The van der Waals surface area contributed by atoms with Gasteiger partial charge in [-0.15, -0.1) is 11.8 Å². The second-order valence-corrected chi connectivity index (χ2v) is 5.77. The molecule has 2 aromatic rings. The molecule has 0 aliphatic carbocycles. The van der Waals surface area contributed by atoms with Crippen molar-refractivity contribution in [1.29, 1.82) is 0 Å². The van der Waals surface area contributed by atoms with E-state index in [-0.39, 0.29) is 6.42 Å². The highest BCUT2D eigenvalue weighted by atomic mass is 32.2. The van der Waals surface area contributed by atoms with Crippen LogP contribution in [0.15, 0.2) is 59.5 Å². The van der Waals surface area contributed by atoms with E-state index in [2.05, 4.69) is 0 Å². The SMILES string of the molecule is CSc1ccc([C@@H](CCc2ccccc2)C(F)(F)F)cc1. The minimum atomic E-state index is -4.21. The topological polar surface area (TPSA) is 0 Å². The predicted molar refractivity (Wildman–Crippen MR) is 81.8 cm³/mol. The molecule has 0 spiro atoms. The van der Waals surface area contributed by atoms with Crippen LogP contribution in [-0.2, 0) is 6.42 Å². The van der Waals surface area contributed by atoms with Crippen LogP contribution in [0.4, 0.5) is 13.2 Å². The molecule has 1 atom stereocenters. The summed E-state index contributed by atoms with van der Waals surface area (Å²) >= 11 is 1.53. The first-order chi connectivity index (χ1) is 10.0. The Balaban J connectivity index is 2.14. The highest BCUT2D eigenvalue weighted by Gasteiger charge is 2.40. The van der Waals surface area contributed by atoms with Crippen LogP contribution < -0.4 is 0 Å². The zero-order chi connectivity index (χ0) is 15.3.